The van der Waals surface area contributed by atoms with Crippen molar-refractivity contribution in [1.29, 1.82) is 5.26 Å². The molecule has 0 atom stereocenters. The molecule has 0 aliphatic rings. The molecule has 1 heterocycles. The van der Waals surface area contributed by atoms with Crippen LogP contribution in [0.1, 0.15) is 22.8 Å². The zero-order chi connectivity index (χ0) is 32.0. The number of carbonyl (C=O) groups is 2. The largest absolute Gasteiger partial charge is 0.478 e. The number of rotatable bonds is 4. The summed E-state index contributed by atoms with van der Waals surface area (Å²) in [5.41, 5.74) is 6.63. The van der Waals surface area contributed by atoms with E-state index in [-0.39, 0.29) is 11.3 Å². The molecule has 0 aliphatic carbocycles. The lowest BCUT2D eigenvalue weighted by molar-refractivity contribution is -0.385. The highest BCUT2D eigenvalue weighted by molar-refractivity contribution is 7.04. The topological polar surface area (TPSA) is 261 Å². The predicted molar refractivity (Wildman–Crippen MR) is 142 cm³/mol. The maximum Gasteiger partial charge on any atom is 0.338 e. The van der Waals surface area contributed by atoms with E-state index in [1.807, 2.05) is 6.07 Å². The maximum atomic E-state index is 12.8. The normalized spacial score (nSPS) is 9.31. The second-order valence-electron chi connectivity index (χ2n) is 7.30. The average Bonchev–Trinajstić information content (AvgIpc) is 3.35. The molecule has 5 N–H and O–H groups in total. The molecule has 0 fully saturated rings. The molecule has 0 saturated carbocycles. The number of nitriles is 1. The zero-order valence-electron chi connectivity index (χ0n) is 21.0. The van der Waals surface area contributed by atoms with Crippen molar-refractivity contribution in [3.63, 3.8) is 0 Å². The van der Waals surface area contributed by atoms with Gasteiger partial charge >= 0.3 is 5.97 Å². The highest BCUT2D eigenvalue weighted by atomic mass is 31.0. The van der Waals surface area contributed by atoms with Gasteiger partial charge in [-0.15, -0.1) is 0 Å². The molecule has 16 nitrogen and oxygen atoms in total. The van der Waals surface area contributed by atoms with Crippen molar-refractivity contribution in [2.75, 3.05) is 5.73 Å². The van der Waals surface area contributed by atoms with Crippen LogP contribution in [-0.4, -0.2) is 37.2 Å². The summed E-state index contributed by atoms with van der Waals surface area (Å²) in [5, 5.41) is 49.0. The molecule has 0 bridgehead atoms. The van der Waals surface area contributed by atoms with Crippen LogP contribution < -0.4 is 11.2 Å². The quantitative estimate of drug-likeness (QED) is 0.0794. The number of nitrogens with zero attached hydrogens (tertiary/aromatic N) is 5. The van der Waals surface area contributed by atoms with E-state index in [0.29, 0.717) is 23.2 Å². The van der Waals surface area contributed by atoms with E-state index >= 15 is 0 Å². The number of fused-ring (bicyclic) bond motifs is 1. The van der Waals surface area contributed by atoms with Gasteiger partial charge in [0.15, 0.2) is 5.58 Å². The molecule has 1 aromatic heterocycles. The summed E-state index contributed by atoms with van der Waals surface area (Å²) < 4.78 is 34.2. The predicted octanol–water partition coefficient (Wildman–Crippen LogP) is 4.92. The lowest BCUT2D eigenvalue weighted by Crippen LogP contribution is -2.12. The Morgan fingerprint density at radius 1 is 1.07 bits per heavy atom. The van der Waals surface area contributed by atoms with Crippen molar-refractivity contribution in [1.82, 2.24) is 10.6 Å². The van der Waals surface area contributed by atoms with Crippen LogP contribution in [0.5, 0.6) is 0 Å². The summed E-state index contributed by atoms with van der Waals surface area (Å²) >= 11 is 0. The third-order valence-corrected chi connectivity index (χ3v) is 4.63. The molecule has 0 saturated heterocycles. The molecule has 4 aromatic rings. The number of carbonyl (C=O) groups excluding carboxylic acids is 1. The zero-order valence-corrected chi connectivity index (χ0v) is 22.0. The minimum Gasteiger partial charge on any atom is -0.478 e. The van der Waals surface area contributed by atoms with E-state index in [1.54, 1.807) is 18.2 Å². The summed E-state index contributed by atoms with van der Waals surface area (Å²) in [6.07, 6.45) is 0. The number of anilines is 1. The van der Waals surface area contributed by atoms with Gasteiger partial charge in [-0.25, -0.2) is 23.8 Å². The van der Waals surface area contributed by atoms with Crippen LogP contribution in [0.25, 0.3) is 11.0 Å². The second-order valence-corrected chi connectivity index (χ2v) is 7.52. The van der Waals surface area contributed by atoms with E-state index in [9.17, 15) is 38.6 Å². The molecular formula is C23H18F2N7O9P. The van der Waals surface area contributed by atoms with Crippen LogP contribution in [0.4, 0.5) is 31.7 Å². The van der Waals surface area contributed by atoms with Crippen molar-refractivity contribution in [2.45, 2.75) is 6.92 Å². The fourth-order valence-electron chi connectivity index (χ4n) is 2.52. The van der Waals surface area contributed by atoms with E-state index in [2.05, 4.69) is 18.9 Å². The Balaban J connectivity index is 0.000000292. The van der Waals surface area contributed by atoms with Crippen LogP contribution >= 0.6 is 9.03 Å². The molecule has 0 aliphatic heterocycles. The minimum absolute atomic E-state index is 0.194. The van der Waals surface area contributed by atoms with E-state index in [1.165, 1.54) is 12.4 Å². The van der Waals surface area contributed by atoms with Crippen molar-refractivity contribution in [2.24, 2.45) is 4.74 Å². The number of aromatic carboxylic acids is 1. The van der Waals surface area contributed by atoms with Gasteiger partial charge in [-0.3, -0.25) is 30.2 Å². The number of nitro benzene ring substituents is 2. The number of benzene rings is 3. The Bertz CT molecular complexity index is 1680. The number of halogens is 2. The summed E-state index contributed by atoms with van der Waals surface area (Å²) in [5.74, 6) is -3.34. The number of carboxylic acid groups (broad SMARTS) is 1. The first-order valence-corrected chi connectivity index (χ1v) is 11.1. The van der Waals surface area contributed by atoms with Gasteiger partial charge in [-0.05, 0) is 33.3 Å². The van der Waals surface area contributed by atoms with Crippen LogP contribution in [0.3, 0.4) is 0 Å². The van der Waals surface area contributed by atoms with Gasteiger partial charge in [-0.2, -0.15) is 5.26 Å². The summed E-state index contributed by atoms with van der Waals surface area (Å²) in [7, 11) is 2.99. The Labute approximate surface area is 235 Å². The van der Waals surface area contributed by atoms with Crippen LogP contribution in [0.2, 0.25) is 0 Å². The molecular weight excluding hydrogens is 587 g/mol. The number of nitrogen functional groups attached to an aromatic ring is 1. The number of nitro groups is 2. The van der Waals surface area contributed by atoms with Gasteiger partial charge in [0.05, 0.1) is 38.5 Å². The van der Waals surface area contributed by atoms with Crippen molar-refractivity contribution >= 4 is 54.8 Å². The van der Waals surface area contributed by atoms with Gasteiger partial charge in [0, 0.05) is 30.8 Å². The number of nitrogens with two attached hydrogens (primary N) is 1. The number of aromatic nitrogens is 1. The number of non-ortho nitro benzene ring substituents is 2. The molecule has 42 heavy (non-hydrogen) atoms. The van der Waals surface area contributed by atoms with Crippen molar-refractivity contribution < 1.29 is 43.1 Å². The van der Waals surface area contributed by atoms with Crippen molar-refractivity contribution in [3.8, 4) is 6.07 Å². The third-order valence-electron chi connectivity index (χ3n) is 4.42. The Hall–Kier alpha value is -5.92. The summed E-state index contributed by atoms with van der Waals surface area (Å²) in [6, 6.07) is 12.1. The maximum absolute atomic E-state index is 12.8. The molecule has 1 amide bonds. The molecule has 0 spiro atoms. The number of hydroxylamine groups is 1. The molecule has 0 radical (unpaired) electrons. The fraction of sp³-hybridized carbons (Fsp3) is 0.0435. The Kier molecular flexibility index (Phi) is 13.2. The molecule has 3 aromatic carbocycles. The fourth-order valence-corrected chi connectivity index (χ4v) is 2.68. The van der Waals surface area contributed by atoms with E-state index in [4.69, 9.17) is 25.8 Å². The molecule has 4 rings (SSSR count). The second kappa shape index (κ2) is 16.2. The molecule has 19 heteroatoms. The van der Waals surface area contributed by atoms with Gasteiger partial charge < -0.3 is 15.4 Å². The first kappa shape index (κ1) is 34.1. The van der Waals surface area contributed by atoms with Gasteiger partial charge in [0.2, 0.25) is 11.7 Å². The smallest absolute Gasteiger partial charge is 0.338 e. The first-order chi connectivity index (χ1) is 19.7. The average molecular weight is 605 g/mol. The van der Waals surface area contributed by atoms with E-state index < -0.39 is 44.6 Å². The SMILES string of the molecule is CC(=O)NO.N#Cc1ccc([N+](=O)[O-])cc1F.Nc1ccc2c(N=P)noc2c1.O=C(O)c1ccc([N+](=O)[O-])cc1F. The van der Waals surface area contributed by atoms with Crippen LogP contribution in [0, 0.1) is 43.2 Å². The molecule has 218 valence electrons. The molecule has 0 unspecified atom stereocenters. The summed E-state index contributed by atoms with van der Waals surface area (Å²) in [6.45, 7) is 1.22. The first-order valence-electron chi connectivity index (χ1n) is 10.7. The van der Waals surface area contributed by atoms with Crippen molar-refractivity contribution in [3.05, 3.63) is 97.6 Å². The number of carboxylic acids is 1. The Morgan fingerprint density at radius 2 is 1.62 bits per heavy atom. The van der Waals surface area contributed by atoms with Crippen LogP contribution in [0.15, 0.2) is 63.9 Å². The number of amides is 1. The number of nitrogens with one attached hydrogen (secondary N) is 1. The highest BCUT2D eigenvalue weighted by Crippen LogP contribution is 2.27. The van der Waals surface area contributed by atoms with E-state index in [0.717, 1.165) is 35.7 Å². The minimum atomic E-state index is -1.45. The monoisotopic (exact) mass is 605 g/mol. The van der Waals surface area contributed by atoms with Gasteiger partial charge in [0.25, 0.3) is 11.4 Å². The Morgan fingerprint density at radius 3 is 2.05 bits per heavy atom. The summed E-state index contributed by atoms with van der Waals surface area (Å²) in [4.78, 5) is 38.5. The number of hydrogen-bond donors (Lipinski definition) is 4. The standard InChI is InChI=1S/C7H3FN2O2.C7H4FNO4.C7H6N3OP.C2H5NO2/c8-7-3-6(10(11)12)2-1-5(7)4-9;8-6-3-4(9(12)13)1-2-5(6)7(10)11;8-4-1-2-5-6(3-4)11-9-7(5)10-12;1-2(4)3-5/h1-3H;1-3H,(H,10,11);1-3,12H,8H2;5H,1H3,(H,3,4). The lowest BCUT2D eigenvalue weighted by atomic mass is 10.2. The lowest BCUT2D eigenvalue weighted by Gasteiger charge is -1.95. The third kappa shape index (κ3) is 10.3. The number of hydrogen-bond acceptors (Lipinski definition) is 12. The van der Waals surface area contributed by atoms with Gasteiger partial charge in [0.1, 0.15) is 17.7 Å². The van der Waals surface area contributed by atoms with Gasteiger partial charge in [-0.1, -0.05) is 5.16 Å². The highest BCUT2D eigenvalue weighted by Gasteiger charge is 2.14. The van der Waals surface area contributed by atoms with Crippen LogP contribution in [-0.2, 0) is 4.79 Å².